The quantitative estimate of drug-likeness (QED) is 0.647. The number of alkyl halides is 1. The Labute approximate surface area is 111 Å². The highest BCUT2D eigenvalue weighted by molar-refractivity contribution is 9.09. The van der Waals surface area contributed by atoms with E-state index >= 15 is 0 Å². The molecule has 1 rings (SSSR count). The maximum Gasteiger partial charge on any atom is 0.254 e. The lowest BCUT2D eigenvalue weighted by Gasteiger charge is -2.05. The highest BCUT2D eigenvalue weighted by atomic mass is 79.9. The van der Waals surface area contributed by atoms with Gasteiger partial charge in [0.1, 0.15) is 0 Å². The molecule has 0 aliphatic rings. The summed E-state index contributed by atoms with van der Waals surface area (Å²) in [5, 5.41) is 7.18. The predicted octanol–water partition coefficient (Wildman–Crippen LogP) is 2.28. The van der Waals surface area contributed by atoms with Gasteiger partial charge in [0.2, 0.25) is 0 Å². The Bertz CT molecular complexity index is 374. The fourth-order valence-corrected chi connectivity index (χ4v) is 1.99. The standard InChI is InChI=1S/C12H20BrN3O/c1-4-11-10(8-16(3)15-11)12(17)14-7-5-6-9(2)13/h8-9H,4-7H2,1-3H3,(H,14,17). The van der Waals surface area contributed by atoms with Crippen molar-refractivity contribution in [2.45, 2.75) is 37.9 Å². The fraction of sp³-hybridized carbons (Fsp3) is 0.667. The summed E-state index contributed by atoms with van der Waals surface area (Å²) in [4.78, 5) is 12.4. The van der Waals surface area contributed by atoms with E-state index in [2.05, 4.69) is 33.3 Å². The van der Waals surface area contributed by atoms with Gasteiger partial charge in [-0.05, 0) is 19.3 Å². The van der Waals surface area contributed by atoms with Crippen molar-refractivity contribution in [1.29, 1.82) is 0 Å². The molecule has 1 unspecified atom stereocenters. The topological polar surface area (TPSA) is 46.9 Å². The monoisotopic (exact) mass is 301 g/mol. The number of halogens is 1. The van der Waals surface area contributed by atoms with E-state index in [4.69, 9.17) is 0 Å². The fourth-order valence-electron chi connectivity index (χ4n) is 1.67. The SMILES string of the molecule is CCc1nn(C)cc1C(=O)NCCCC(C)Br. The number of amides is 1. The smallest absolute Gasteiger partial charge is 0.254 e. The third-order valence-electron chi connectivity index (χ3n) is 2.55. The maximum absolute atomic E-state index is 11.9. The van der Waals surface area contributed by atoms with E-state index in [1.807, 2.05) is 14.0 Å². The molecule has 1 aromatic heterocycles. The second-order valence-electron chi connectivity index (χ2n) is 4.20. The first-order valence-corrected chi connectivity index (χ1v) is 6.91. The van der Waals surface area contributed by atoms with Gasteiger partial charge in [-0.25, -0.2) is 0 Å². The minimum absolute atomic E-state index is 0.0165. The number of nitrogens with zero attached hydrogens (tertiary/aromatic N) is 2. The van der Waals surface area contributed by atoms with Gasteiger partial charge in [-0.3, -0.25) is 9.48 Å². The highest BCUT2D eigenvalue weighted by Gasteiger charge is 2.13. The average Bonchev–Trinajstić information content (AvgIpc) is 2.65. The summed E-state index contributed by atoms with van der Waals surface area (Å²) in [6.45, 7) is 4.83. The first-order chi connectivity index (χ1) is 8.04. The van der Waals surface area contributed by atoms with Crippen LogP contribution in [0.15, 0.2) is 6.20 Å². The molecule has 96 valence electrons. The lowest BCUT2D eigenvalue weighted by atomic mass is 10.2. The van der Waals surface area contributed by atoms with Crippen LogP contribution in [-0.4, -0.2) is 27.1 Å². The molecule has 1 heterocycles. The zero-order valence-electron chi connectivity index (χ0n) is 10.7. The largest absolute Gasteiger partial charge is 0.352 e. The zero-order chi connectivity index (χ0) is 12.8. The van der Waals surface area contributed by atoms with Gasteiger partial charge in [0, 0.05) is 24.6 Å². The van der Waals surface area contributed by atoms with Crippen molar-refractivity contribution in [2.75, 3.05) is 6.54 Å². The highest BCUT2D eigenvalue weighted by Crippen LogP contribution is 2.08. The Hall–Kier alpha value is -0.840. The van der Waals surface area contributed by atoms with Crippen LogP contribution < -0.4 is 5.32 Å². The summed E-state index contributed by atoms with van der Waals surface area (Å²) in [5.41, 5.74) is 1.56. The summed E-state index contributed by atoms with van der Waals surface area (Å²) in [5.74, 6) is -0.0165. The average molecular weight is 302 g/mol. The molecule has 0 saturated heterocycles. The summed E-state index contributed by atoms with van der Waals surface area (Å²) < 4.78 is 1.69. The van der Waals surface area contributed by atoms with Crippen molar-refractivity contribution in [3.05, 3.63) is 17.5 Å². The van der Waals surface area contributed by atoms with Crippen LogP contribution in [0, 0.1) is 0 Å². The normalized spacial score (nSPS) is 12.5. The molecule has 0 radical (unpaired) electrons. The van der Waals surface area contributed by atoms with E-state index < -0.39 is 0 Å². The van der Waals surface area contributed by atoms with E-state index in [-0.39, 0.29) is 5.91 Å². The molecular formula is C12H20BrN3O. The van der Waals surface area contributed by atoms with Crippen LogP contribution in [-0.2, 0) is 13.5 Å². The van der Waals surface area contributed by atoms with E-state index in [1.54, 1.807) is 10.9 Å². The van der Waals surface area contributed by atoms with Gasteiger partial charge >= 0.3 is 0 Å². The predicted molar refractivity (Wildman–Crippen MR) is 72.5 cm³/mol. The number of aryl methyl sites for hydroxylation is 2. The molecule has 0 aromatic carbocycles. The molecular weight excluding hydrogens is 282 g/mol. The van der Waals surface area contributed by atoms with E-state index in [1.165, 1.54) is 0 Å². The van der Waals surface area contributed by atoms with Gasteiger partial charge in [-0.15, -0.1) is 0 Å². The molecule has 5 heteroatoms. The van der Waals surface area contributed by atoms with Crippen molar-refractivity contribution in [3.8, 4) is 0 Å². The van der Waals surface area contributed by atoms with Crippen molar-refractivity contribution >= 4 is 21.8 Å². The lowest BCUT2D eigenvalue weighted by molar-refractivity contribution is 0.0952. The van der Waals surface area contributed by atoms with E-state index in [0.29, 0.717) is 16.9 Å². The molecule has 0 saturated carbocycles. The third kappa shape index (κ3) is 4.50. The van der Waals surface area contributed by atoms with Crippen LogP contribution in [0.25, 0.3) is 0 Å². The summed E-state index contributed by atoms with van der Waals surface area (Å²) in [6.07, 6.45) is 4.61. The molecule has 4 nitrogen and oxygen atoms in total. The van der Waals surface area contributed by atoms with Crippen molar-refractivity contribution in [2.24, 2.45) is 7.05 Å². The number of nitrogens with one attached hydrogen (secondary N) is 1. The van der Waals surface area contributed by atoms with Crippen molar-refractivity contribution in [3.63, 3.8) is 0 Å². The van der Waals surface area contributed by atoms with Crippen LogP contribution >= 0.6 is 15.9 Å². The number of carbonyl (C=O) groups excluding carboxylic acids is 1. The van der Waals surface area contributed by atoms with Crippen LogP contribution in [0.4, 0.5) is 0 Å². The van der Waals surface area contributed by atoms with Crippen LogP contribution in [0.3, 0.4) is 0 Å². The molecule has 0 fully saturated rings. The van der Waals surface area contributed by atoms with Gasteiger partial charge in [0.15, 0.2) is 0 Å². The molecule has 0 aliphatic heterocycles. The Balaban J connectivity index is 2.46. The second kappa shape index (κ2) is 6.79. The molecule has 1 atom stereocenters. The van der Waals surface area contributed by atoms with Gasteiger partial charge < -0.3 is 5.32 Å². The second-order valence-corrected chi connectivity index (χ2v) is 5.76. The van der Waals surface area contributed by atoms with E-state index in [0.717, 1.165) is 25.0 Å². The van der Waals surface area contributed by atoms with Crippen molar-refractivity contribution in [1.82, 2.24) is 15.1 Å². The van der Waals surface area contributed by atoms with Crippen LogP contribution in [0.1, 0.15) is 42.7 Å². The number of hydrogen-bond acceptors (Lipinski definition) is 2. The molecule has 1 N–H and O–H groups in total. The first-order valence-electron chi connectivity index (χ1n) is 5.99. The molecule has 17 heavy (non-hydrogen) atoms. The van der Waals surface area contributed by atoms with Gasteiger partial charge in [0.05, 0.1) is 11.3 Å². The van der Waals surface area contributed by atoms with Crippen molar-refractivity contribution < 1.29 is 4.79 Å². The molecule has 0 aliphatic carbocycles. The Morgan fingerprint density at radius 1 is 1.65 bits per heavy atom. The Morgan fingerprint density at radius 2 is 2.35 bits per heavy atom. The third-order valence-corrected chi connectivity index (χ3v) is 3.01. The summed E-state index contributed by atoms with van der Waals surface area (Å²) in [7, 11) is 1.84. The molecule has 1 aromatic rings. The summed E-state index contributed by atoms with van der Waals surface area (Å²) >= 11 is 3.49. The Kier molecular flexibility index (Phi) is 5.68. The van der Waals surface area contributed by atoms with Crippen LogP contribution in [0.2, 0.25) is 0 Å². The van der Waals surface area contributed by atoms with Gasteiger partial charge in [-0.1, -0.05) is 29.8 Å². The lowest BCUT2D eigenvalue weighted by Crippen LogP contribution is -2.25. The minimum Gasteiger partial charge on any atom is -0.352 e. The summed E-state index contributed by atoms with van der Waals surface area (Å²) in [6, 6.07) is 0. The van der Waals surface area contributed by atoms with Gasteiger partial charge in [0.25, 0.3) is 5.91 Å². The minimum atomic E-state index is -0.0165. The molecule has 0 spiro atoms. The zero-order valence-corrected chi connectivity index (χ0v) is 12.2. The number of aromatic nitrogens is 2. The number of hydrogen-bond donors (Lipinski definition) is 1. The maximum atomic E-state index is 11.9. The number of carbonyl (C=O) groups is 1. The first kappa shape index (κ1) is 14.2. The molecule has 1 amide bonds. The van der Waals surface area contributed by atoms with E-state index in [9.17, 15) is 4.79 Å². The Morgan fingerprint density at radius 3 is 2.94 bits per heavy atom. The molecule has 0 bridgehead atoms. The number of rotatable bonds is 6. The van der Waals surface area contributed by atoms with Crippen LogP contribution in [0.5, 0.6) is 0 Å². The van der Waals surface area contributed by atoms with Gasteiger partial charge in [-0.2, -0.15) is 5.10 Å².